The molecule has 1 aromatic rings. The van der Waals surface area contributed by atoms with Crippen LogP contribution in [0.25, 0.3) is 0 Å². The molecule has 0 radical (unpaired) electrons. The summed E-state index contributed by atoms with van der Waals surface area (Å²) in [4.78, 5) is 10.8. The molecule has 0 saturated carbocycles. The molecule has 1 aromatic carbocycles. The lowest BCUT2D eigenvalue weighted by Crippen LogP contribution is -2.37. The van der Waals surface area contributed by atoms with Crippen LogP contribution in [0, 0.1) is 5.82 Å². The van der Waals surface area contributed by atoms with Gasteiger partial charge in [0, 0.05) is 0 Å². The fourth-order valence-electron chi connectivity index (χ4n) is 1.12. The molecule has 18 heavy (non-hydrogen) atoms. The molecule has 0 unspecified atom stereocenters. The van der Waals surface area contributed by atoms with Crippen molar-refractivity contribution in [1.82, 2.24) is 0 Å². The maximum atomic E-state index is 13.0. The SMILES string of the molecule is CC(C)(Oc1ccc(F)c(C(F)(F)F)c1)C(=O)O. The van der Waals surface area contributed by atoms with E-state index in [0.717, 1.165) is 6.07 Å². The van der Waals surface area contributed by atoms with E-state index in [2.05, 4.69) is 0 Å². The number of hydrogen-bond acceptors (Lipinski definition) is 2. The number of halogens is 4. The van der Waals surface area contributed by atoms with Crippen molar-refractivity contribution in [2.24, 2.45) is 0 Å². The van der Waals surface area contributed by atoms with Crippen LogP contribution < -0.4 is 4.74 Å². The first-order chi connectivity index (χ1) is 8.04. The monoisotopic (exact) mass is 266 g/mol. The third-order valence-electron chi connectivity index (χ3n) is 2.13. The molecule has 7 heteroatoms. The highest BCUT2D eigenvalue weighted by Crippen LogP contribution is 2.34. The number of aliphatic carboxylic acids is 1. The maximum absolute atomic E-state index is 13.0. The van der Waals surface area contributed by atoms with Gasteiger partial charge in [0.2, 0.25) is 0 Å². The van der Waals surface area contributed by atoms with E-state index >= 15 is 0 Å². The van der Waals surface area contributed by atoms with Crippen LogP contribution in [0.5, 0.6) is 5.75 Å². The molecule has 0 bridgehead atoms. The van der Waals surface area contributed by atoms with E-state index in [9.17, 15) is 22.4 Å². The Kier molecular flexibility index (Phi) is 3.54. The number of ether oxygens (including phenoxy) is 1. The van der Waals surface area contributed by atoms with Crippen molar-refractivity contribution in [2.75, 3.05) is 0 Å². The quantitative estimate of drug-likeness (QED) is 0.855. The van der Waals surface area contributed by atoms with Crippen molar-refractivity contribution in [3.8, 4) is 5.75 Å². The van der Waals surface area contributed by atoms with Gasteiger partial charge in [-0.1, -0.05) is 0 Å². The first-order valence-electron chi connectivity index (χ1n) is 4.83. The van der Waals surface area contributed by atoms with Crippen LogP contribution in [-0.4, -0.2) is 16.7 Å². The predicted molar refractivity (Wildman–Crippen MR) is 53.7 cm³/mol. The second kappa shape index (κ2) is 4.47. The lowest BCUT2D eigenvalue weighted by Gasteiger charge is -2.22. The molecular formula is C11H10F4O3. The summed E-state index contributed by atoms with van der Waals surface area (Å²) in [7, 11) is 0. The second-order valence-corrected chi connectivity index (χ2v) is 4.06. The summed E-state index contributed by atoms with van der Waals surface area (Å²) in [6, 6.07) is 1.95. The van der Waals surface area contributed by atoms with E-state index in [1.165, 1.54) is 13.8 Å². The first kappa shape index (κ1) is 14.3. The van der Waals surface area contributed by atoms with Gasteiger partial charge in [-0.05, 0) is 32.0 Å². The molecule has 0 spiro atoms. The number of benzene rings is 1. The van der Waals surface area contributed by atoms with Gasteiger partial charge in [-0.2, -0.15) is 13.2 Å². The van der Waals surface area contributed by atoms with E-state index in [1.54, 1.807) is 0 Å². The van der Waals surface area contributed by atoms with Crippen molar-refractivity contribution in [3.63, 3.8) is 0 Å². The minimum Gasteiger partial charge on any atom is -0.478 e. The largest absolute Gasteiger partial charge is 0.478 e. The van der Waals surface area contributed by atoms with Gasteiger partial charge < -0.3 is 9.84 Å². The zero-order valence-corrected chi connectivity index (χ0v) is 9.51. The maximum Gasteiger partial charge on any atom is 0.419 e. The van der Waals surface area contributed by atoms with Gasteiger partial charge in [-0.3, -0.25) is 0 Å². The minimum atomic E-state index is -4.86. The molecule has 0 aromatic heterocycles. The summed E-state index contributed by atoms with van der Waals surface area (Å²) in [5, 5.41) is 8.77. The molecule has 100 valence electrons. The Labute approximate surface area is 100.0 Å². The molecule has 3 nitrogen and oxygen atoms in total. The molecule has 0 atom stereocenters. The number of alkyl halides is 3. The summed E-state index contributed by atoms with van der Waals surface area (Å²) in [6.45, 7) is 2.35. The van der Waals surface area contributed by atoms with Crippen molar-refractivity contribution < 1.29 is 32.2 Å². The van der Waals surface area contributed by atoms with Crippen LogP contribution in [0.2, 0.25) is 0 Å². The van der Waals surface area contributed by atoms with Crippen molar-refractivity contribution >= 4 is 5.97 Å². The van der Waals surface area contributed by atoms with Crippen LogP contribution in [-0.2, 0) is 11.0 Å². The van der Waals surface area contributed by atoms with Crippen LogP contribution in [0.15, 0.2) is 18.2 Å². The van der Waals surface area contributed by atoms with Crippen LogP contribution in [0.3, 0.4) is 0 Å². The predicted octanol–water partition coefficient (Wildman–Crippen LogP) is 3.09. The second-order valence-electron chi connectivity index (χ2n) is 4.06. The van der Waals surface area contributed by atoms with Crippen LogP contribution in [0.1, 0.15) is 19.4 Å². The molecule has 0 aliphatic carbocycles. The van der Waals surface area contributed by atoms with Crippen molar-refractivity contribution in [1.29, 1.82) is 0 Å². The van der Waals surface area contributed by atoms with Gasteiger partial charge in [0.1, 0.15) is 11.6 Å². The Balaban J connectivity index is 3.11. The third kappa shape index (κ3) is 3.12. The van der Waals surface area contributed by atoms with Gasteiger partial charge in [0.25, 0.3) is 0 Å². The summed E-state index contributed by atoms with van der Waals surface area (Å²) in [5.74, 6) is -3.15. The zero-order valence-electron chi connectivity index (χ0n) is 9.51. The van der Waals surface area contributed by atoms with E-state index in [1.807, 2.05) is 0 Å². The molecule has 1 N–H and O–H groups in total. The highest BCUT2D eigenvalue weighted by atomic mass is 19.4. The normalized spacial score (nSPS) is 12.3. The number of carboxylic acid groups (broad SMARTS) is 1. The van der Waals surface area contributed by atoms with Crippen molar-refractivity contribution in [2.45, 2.75) is 25.6 Å². The Morgan fingerprint density at radius 1 is 1.28 bits per heavy atom. The Hall–Kier alpha value is -1.79. The van der Waals surface area contributed by atoms with E-state index < -0.39 is 29.1 Å². The van der Waals surface area contributed by atoms with Gasteiger partial charge >= 0.3 is 12.1 Å². The molecule has 0 fully saturated rings. The summed E-state index contributed by atoms with van der Waals surface area (Å²) >= 11 is 0. The lowest BCUT2D eigenvalue weighted by atomic mass is 10.1. The van der Waals surface area contributed by atoms with Crippen LogP contribution in [0.4, 0.5) is 17.6 Å². The molecule has 0 heterocycles. The summed E-state index contributed by atoms with van der Waals surface area (Å²) in [6.07, 6.45) is -4.86. The topological polar surface area (TPSA) is 46.5 Å². The van der Waals surface area contributed by atoms with Gasteiger partial charge in [-0.15, -0.1) is 0 Å². The van der Waals surface area contributed by atoms with E-state index in [0.29, 0.717) is 12.1 Å². The number of hydrogen-bond donors (Lipinski definition) is 1. The van der Waals surface area contributed by atoms with Crippen LogP contribution >= 0.6 is 0 Å². The average molecular weight is 266 g/mol. The highest BCUT2D eigenvalue weighted by molar-refractivity contribution is 5.76. The first-order valence-corrected chi connectivity index (χ1v) is 4.83. The Morgan fingerprint density at radius 2 is 1.83 bits per heavy atom. The zero-order chi connectivity index (χ0) is 14.1. The molecule has 0 aliphatic heterocycles. The molecule has 0 saturated heterocycles. The Bertz CT molecular complexity index is 466. The standard InChI is InChI=1S/C11H10F4O3/c1-10(2,9(16)17)18-6-3-4-8(12)7(5-6)11(13,14)15/h3-5H,1-2H3,(H,16,17). The highest BCUT2D eigenvalue weighted by Gasteiger charge is 2.36. The summed E-state index contributed by atoms with van der Waals surface area (Å²) < 4.78 is 55.1. The molecular weight excluding hydrogens is 256 g/mol. The van der Waals surface area contributed by atoms with E-state index in [-0.39, 0.29) is 5.75 Å². The van der Waals surface area contributed by atoms with Crippen molar-refractivity contribution in [3.05, 3.63) is 29.6 Å². The Morgan fingerprint density at radius 3 is 2.28 bits per heavy atom. The van der Waals surface area contributed by atoms with Gasteiger partial charge in [0.15, 0.2) is 5.60 Å². The third-order valence-corrected chi connectivity index (χ3v) is 2.13. The smallest absolute Gasteiger partial charge is 0.419 e. The van der Waals surface area contributed by atoms with Gasteiger partial charge in [-0.25, -0.2) is 9.18 Å². The summed E-state index contributed by atoms with van der Waals surface area (Å²) in [5.41, 5.74) is -3.21. The minimum absolute atomic E-state index is 0.365. The average Bonchev–Trinajstić information content (AvgIpc) is 2.18. The lowest BCUT2D eigenvalue weighted by molar-refractivity contribution is -0.152. The number of rotatable bonds is 3. The molecule has 1 rings (SSSR count). The number of carboxylic acids is 1. The number of carbonyl (C=O) groups is 1. The fourth-order valence-corrected chi connectivity index (χ4v) is 1.12. The molecule has 0 aliphatic rings. The van der Waals surface area contributed by atoms with E-state index in [4.69, 9.17) is 9.84 Å². The molecule has 0 amide bonds. The fraction of sp³-hybridized carbons (Fsp3) is 0.364. The van der Waals surface area contributed by atoms with Gasteiger partial charge in [0.05, 0.1) is 5.56 Å².